The lowest BCUT2D eigenvalue weighted by Gasteiger charge is -2.34. The molecule has 0 unspecified atom stereocenters. The van der Waals surface area contributed by atoms with Crippen molar-refractivity contribution in [1.29, 1.82) is 0 Å². The molecule has 1 saturated heterocycles. The molecule has 162 valence electrons. The predicted octanol–water partition coefficient (Wildman–Crippen LogP) is 2.36. The van der Waals surface area contributed by atoms with E-state index in [1.807, 2.05) is 70.4 Å². The van der Waals surface area contributed by atoms with E-state index in [-0.39, 0.29) is 12.5 Å². The number of β-amino-alcohol motifs (C(OH)–C–C–N with tert-alkyl or cyclic N) is 1. The van der Waals surface area contributed by atoms with Gasteiger partial charge in [-0.3, -0.25) is 14.4 Å². The lowest BCUT2D eigenvalue weighted by Crippen LogP contribution is -2.49. The van der Waals surface area contributed by atoms with E-state index in [4.69, 9.17) is 14.9 Å². The number of hydrogen-bond acceptors (Lipinski definition) is 5. The Morgan fingerprint density at radius 3 is 2.45 bits per heavy atom. The van der Waals surface area contributed by atoms with Crippen molar-refractivity contribution in [2.75, 3.05) is 46.4 Å². The minimum absolute atomic E-state index is 0.0242. The maximum absolute atomic E-state index is 13.5. The molecule has 0 atom stereocenters. The first-order valence-electron chi connectivity index (χ1n) is 10.6. The maximum Gasteiger partial charge on any atom is 0.257 e. The average molecular weight is 421 g/mol. The van der Waals surface area contributed by atoms with Gasteiger partial charge in [0, 0.05) is 44.5 Å². The zero-order valence-electron chi connectivity index (χ0n) is 17.8. The van der Waals surface area contributed by atoms with Crippen LogP contribution in [0.15, 0.2) is 60.8 Å². The van der Waals surface area contributed by atoms with Crippen LogP contribution in [0.25, 0.3) is 11.3 Å². The fraction of sp³-hybridized carbons (Fsp3) is 0.333. The quantitative estimate of drug-likeness (QED) is 0.635. The number of nitrogens with zero attached hydrogens (tertiary/aromatic N) is 4. The SMILES string of the molecule is COc1ccccc1-c1nn(Cc2ccccc2)cc1C(=O)N1CCN(CCO)CC1. The standard InChI is InChI=1S/C24H28N4O3/c1-31-22-10-6-5-9-20(22)23-21(18-28(25-23)17-19-7-3-2-4-8-19)24(30)27-13-11-26(12-14-27)15-16-29/h2-10,18,29H,11-17H2,1H3. The van der Waals surface area contributed by atoms with Gasteiger partial charge in [0.1, 0.15) is 11.4 Å². The summed E-state index contributed by atoms with van der Waals surface area (Å²) >= 11 is 0. The van der Waals surface area contributed by atoms with Crippen molar-refractivity contribution in [2.45, 2.75) is 6.54 Å². The van der Waals surface area contributed by atoms with Crippen molar-refractivity contribution in [3.8, 4) is 17.0 Å². The van der Waals surface area contributed by atoms with E-state index < -0.39 is 0 Å². The van der Waals surface area contributed by atoms with Gasteiger partial charge in [-0.25, -0.2) is 0 Å². The third-order valence-corrected chi connectivity index (χ3v) is 5.62. The Kier molecular flexibility index (Phi) is 6.64. The van der Waals surface area contributed by atoms with Crippen LogP contribution in [0.5, 0.6) is 5.75 Å². The Balaban J connectivity index is 1.66. The summed E-state index contributed by atoms with van der Waals surface area (Å²) in [5.74, 6) is 0.665. The Hall–Kier alpha value is -3.16. The third kappa shape index (κ3) is 4.78. The highest BCUT2D eigenvalue weighted by Crippen LogP contribution is 2.32. The monoisotopic (exact) mass is 420 g/mol. The summed E-state index contributed by atoms with van der Waals surface area (Å²) in [5.41, 5.74) is 3.14. The van der Waals surface area contributed by atoms with E-state index in [2.05, 4.69) is 4.90 Å². The van der Waals surface area contributed by atoms with Gasteiger partial charge in [-0.2, -0.15) is 5.10 Å². The van der Waals surface area contributed by atoms with Crippen LogP contribution in [0.4, 0.5) is 0 Å². The molecule has 1 amide bonds. The molecule has 0 saturated carbocycles. The topological polar surface area (TPSA) is 70.8 Å². The van der Waals surface area contributed by atoms with E-state index in [0.717, 1.165) is 24.2 Å². The number of para-hydroxylation sites is 1. The molecular weight excluding hydrogens is 392 g/mol. The van der Waals surface area contributed by atoms with E-state index in [9.17, 15) is 4.79 Å². The number of aliphatic hydroxyl groups is 1. The van der Waals surface area contributed by atoms with Crippen molar-refractivity contribution in [2.24, 2.45) is 0 Å². The highest BCUT2D eigenvalue weighted by Gasteiger charge is 2.27. The van der Waals surface area contributed by atoms with E-state index in [0.29, 0.717) is 43.2 Å². The van der Waals surface area contributed by atoms with Gasteiger partial charge < -0.3 is 14.7 Å². The molecule has 1 N–H and O–H groups in total. The fourth-order valence-electron chi connectivity index (χ4n) is 3.95. The minimum atomic E-state index is -0.0242. The van der Waals surface area contributed by atoms with Gasteiger partial charge in [-0.15, -0.1) is 0 Å². The molecule has 4 rings (SSSR count). The van der Waals surface area contributed by atoms with Crippen molar-refractivity contribution < 1.29 is 14.6 Å². The van der Waals surface area contributed by atoms with Crippen LogP contribution in [-0.2, 0) is 6.54 Å². The zero-order valence-corrected chi connectivity index (χ0v) is 17.8. The van der Waals surface area contributed by atoms with E-state index >= 15 is 0 Å². The van der Waals surface area contributed by atoms with E-state index in [1.54, 1.807) is 7.11 Å². The van der Waals surface area contributed by atoms with Crippen LogP contribution in [0.3, 0.4) is 0 Å². The predicted molar refractivity (Wildman–Crippen MR) is 119 cm³/mol. The summed E-state index contributed by atoms with van der Waals surface area (Å²) in [5, 5.41) is 14.0. The second-order valence-corrected chi connectivity index (χ2v) is 7.63. The second-order valence-electron chi connectivity index (χ2n) is 7.63. The molecule has 1 aromatic heterocycles. The first-order chi connectivity index (χ1) is 15.2. The average Bonchev–Trinajstić information content (AvgIpc) is 3.23. The number of aromatic nitrogens is 2. The molecule has 7 heteroatoms. The lowest BCUT2D eigenvalue weighted by atomic mass is 10.1. The normalized spacial score (nSPS) is 14.6. The summed E-state index contributed by atoms with van der Waals surface area (Å²) in [7, 11) is 1.63. The first-order valence-corrected chi connectivity index (χ1v) is 10.6. The van der Waals surface area contributed by atoms with Crippen LogP contribution in [0.2, 0.25) is 0 Å². The molecule has 0 radical (unpaired) electrons. The molecule has 1 fully saturated rings. The smallest absolute Gasteiger partial charge is 0.257 e. The van der Waals surface area contributed by atoms with Crippen molar-refractivity contribution in [3.63, 3.8) is 0 Å². The Morgan fingerprint density at radius 1 is 1.03 bits per heavy atom. The molecule has 0 spiro atoms. The fourth-order valence-corrected chi connectivity index (χ4v) is 3.95. The summed E-state index contributed by atoms with van der Waals surface area (Å²) in [4.78, 5) is 17.5. The molecular formula is C24H28N4O3. The molecule has 2 heterocycles. The summed E-state index contributed by atoms with van der Waals surface area (Å²) < 4.78 is 7.37. The van der Waals surface area contributed by atoms with Crippen molar-refractivity contribution >= 4 is 5.91 Å². The van der Waals surface area contributed by atoms with Gasteiger partial charge in [-0.1, -0.05) is 42.5 Å². The number of methoxy groups -OCH3 is 1. The molecule has 0 bridgehead atoms. The number of ether oxygens (including phenoxy) is 1. The molecule has 3 aromatic rings. The van der Waals surface area contributed by atoms with Gasteiger partial charge in [0.05, 0.1) is 25.8 Å². The van der Waals surface area contributed by atoms with Crippen LogP contribution in [0, 0.1) is 0 Å². The number of piperazine rings is 1. The second kappa shape index (κ2) is 9.76. The first kappa shape index (κ1) is 21.1. The number of hydrogen-bond donors (Lipinski definition) is 1. The number of amides is 1. The number of carbonyl (C=O) groups excluding carboxylic acids is 1. The molecule has 0 aliphatic carbocycles. The number of benzene rings is 2. The van der Waals surface area contributed by atoms with Crippen molar-refractivity contribution in [3.05, 3.63) is 71.9 Å². The zero-order chi connectivity index (χ0) is 21.6. The molecule has 2 aromatic carbocycles. The minimum Gasteiger partial charge on any atom is -0.496 e. The van der Waals surface area contributed by atoms with Crippen LogP contribution < -0.4 is 4.74 Å². The molecule has 7 nitrogen and oxygen atoms in total. The third-order valence-electron chi connectivity index (χ3n) is 5.62. The Labute approximate surface area is 182 Å². The van der Waals surface area contributed by atoms with Crippen LogP contribution >= 0.6 is 0 Å². The van der Waals surface area contributed by atoms with Gasteiger partial charge >= 0.3 is 0 Å². The van der Waals surface area contributed by atoms with Crippen LogP contribution in [-0.4, -0.2) is 77.0 Å². The van der Waals surface area contributed by atoms with E-state index in [1.165, 1.54) is 0 Å². The maximum atomic E-state index is 13.5. The highest BCUT2D eigenvalue weighted by atomic mass is 16.5. The molecule has 1 aliphatic rings. The Morgan fingerprint density at radius 2 is 1.74 bits per heavy atom. The van der Waals surface area contributed by atoms with Crippen molar-refractivity contribution in [1.82, 2.24) is 19.6 Å². The lowest BCUT2D eigenvalue weighted by molar-refractivity contribution is 0.0615. The molecule has 1 aliphatic heterocycles. The highest BCUT2D eigenvalue weighted by molar-refractivity contribution is 6.00. The largest absolute Gasteiger partial charge is 0.496 e. The summed E-state index contributed by atoms with van der Waals surface area (Å²) in [6.07, 6.45) is 1.84. The summed E-state index contributed by atoms with van der Waals surface area (Å²) in [6, 6.07) is 17.7. The van der Waals surface area contributed by atoms with Gasteiger partial charge in [0.15, 0.2) is 0 Å². The molecule has 31 heavy (non-hydrogen) atoms. The number of carbonyl (C=O) groups is 1. The van der Waals surface area contributed by atoms with Gasteiger partial charge in [0.25, 0.3) is 5.91 Å². The van der Waals surface area contributed by atoms with Gasteiger partial charge in [0.2, 0.25) is 0 Å². The van der Waals surface area contributed by atoms with Crippen LogP contribution in [0.1, 0.15) is 15.9 Å². The number of aliphatic hydroxyl groups excluding tert-OH is 1. The summed E-state index contributed by atoms with van der Waals surface area (Å²) in [6.45, 7) is 4.15. The Bertz CT molecular complexity index is 1010. The number of rotatable bonds is 7. The van der Waals surface area contributed by atoms with Gasteiger partial charge in [-0.05, 0) is 17.7 Å².